The quantitative estimate of drug-likeness (QED) is 0.567. The number of thiazole rings is 1. The molecule has 28 heavy (non-hydrogen) atoms. The number of amides is 3. The highest BCUT2D eigenvalue weighted by molar-refractivity contribution is 7.14. The van der Waals surface area contributed by atoms with Crippen molar-refractivity contribution < 1.29 is 14.3 Å². The van der Waals surface area contributed by atoms with Gasteiger partial charge in [-0.2, -0.15) is 0 Å². The third-order valence-corrected chi connectivity index (χ3v) is 4.63. The molecule has 0 saturated heterocycles. The van der Waals surface area contributed by atoms with Gasteiger partial charge in [-0.1, -0.05) is 24.3 Å². The first-order valence-corrected chi connectivity index (χ1v) is 9.56. The number of rotatable bonds is 7. The standard InChI is InChI=1S/C20H20N4O3S/c1-2-27-17-6-4-3-5-15(17)16-12-28-20(23-16)24-18(25)14-9-7-13(8-10-14)11-22-19(21)26/h3-10,12H,2,11H2,1H3,(H3,21,22,26)(H,23,24,25). The van der Waals surface area contributed by atoms with E-state index in [2.05, 4.69) is 15.6 Å². The van der Waals surface area contributed by atoms with E-state index in [1.54, 1.807) is 24.3 Å². The molecule has 8 heteroatoms. The third-order valence-electron chi connectivity index (χ3n) is 3.87. The maximum Gasteiger partial charge on any atom is 0.312 e. The van der Waals surface area contributed by atoms with E-state index in [0.717, 1.165) is 22.6 Å². The Hall–Kier alpha value is -3.39. The zero-order chi connectivity index (χ0) is 19.9. The summed E-state index contributed by atoms with van der Waals surface area (Å²) in [6, 6.07) is 14.0. The van der Waals surface area contributed by atoms with Crippen LogP contribution in [0, 0.1) is 0 Å². The highest BCUT2D eigenvalue weighted by atomic mass is 32.1. The van der Waals surface area contributed by atoms with Crippen molar-refractivity contribution in [3.05, 3.63) is 65.0 Å². The number of urea groups is 1. The fourth-order valence-corrected chi connectivity index (χ4v) is 3.25. The SMILES string of the molecule is CCOc1ccccc1-c1csc(NC(=O)c2ccc(CNC(N)=O)cc2)n1. The Balaban J connectivity index is 1.68. The zero-order valence-corrected chi connectivity index (χ0v) is 16.1. The van der Waals surface area contributed by atoms with Crippen LogP contribution in [0.25, 0.3) is 11.3 Å². The number of anilines is 1. The number of nitrogens with two attached hydrogens (primary N) is 1. The normalized spacial score (nSPS) is 10.3. The van der Waals surface area contributed by atoms with Gasteiger partial charge < -0.3 is 15.8 Å². The fraction of sp³-hybridized carbons (Fsp3) is 0.150. The minimum atomic E-state index is -0.590. The highest BCUT2D eigenvalue weighted by Crippen LogP contribution is 2.32. The van der Waals surface area contributed by atoms with Gasteiger partial charge in [-0.05, 0) is 36.8 Å². The van der Waals surface area contributed by atoms with Gasteiger partial charge in [-0.25, -0.2) is 9.78 Å². The lowest BCUT2D eigenvalue weighted by molar-refractivity contribution is 0.102. The van der Waals surface area contributed by atoms with Gasteiger partial charge in [-0.3, -0.25) is 10.1 Å². The van der Waals surface area contributed by atoms with Crippen LogP contribution in [0.5, 0.6) is 5.75 Å². The Morgan fingerprint density at radius 1 is 1.14 bits per heavy atom. The van der Waals surface area contributed by atoms with Crippen LogP contribution in [0.2, 0.25) is 0 Å². The molecular weight excluding hydrogens is 376 g/mol. The van der Waals surface area contributed by atoms with Gasteiger partial charge in [0.15, 0.2) is 5.13 Å². The molecule has 4 N–H and O–H groups in total. The summed E-state index contributed by atoms with van der Waals surface area (Å²) < 4.78 is 5.64. The van der Waals surface area contributed by atoms with Crippen molar-refractivity contribution in [3.63, 3.8) is 0 Å². The van der Waals surface area contributed by atoms with Gasteiger partial charge in [0.05, 0.1) is 12.3 Å². The van der Waals surface area contributed by atoms with Crippen LogP contribution in [0.4, 0.5) is 9.93 Å². The second-order valence-corrected chi connectivity index (χ2v) is 6.69. The zero-order valence-electron chi connectivity index (χ0n) is 15.3. The number of primary amides is 1. The number of carbonyl (C=O) groups is 2. The molecule has 3 aromatic rings. The fourth-order valence-electron chi connectivity index (χ4n) is 2.55. The number of nitrogens with one attached hydrogen (secondary N) is 2. The van der Waals surface area contributed by atoms with E-state index in [0.29, 0.717) is 23.8 Å². The van der Waals surface area contributed by atoms with Crippen LogP contribution in [0.15, 0.2) is 53.9 Å². The van der Waals surface area contributed by atoms with Gasteiger partial charge in [0.2, 0.25) is 0 Å². The summed E-state index contributed by atoms with van der Waals surface area (Å²) in [5.41, 5.74) is 8.02. The lowest BCUT2D eigenvalue weighted by Gasteiger charge is -2.07. The lowest BCUT2D eigenvalue weighted by atomic mass is 10.1. The third kappa shape index (κ3) is 4.86. The molecule has 0 saturated carbocycles. The molecular formula is C20H20N4O3S. The topological polar surface area (TPSA) is 106 Å². The van der Waals surface area contributed by atoms with Gasteiger partial charge in [-0.15, -0.1) is 11.3 Å². The molecule has 0 aliphatic heterocycles. The largest absolute Gasteiger partial charge is 0.493 e. The van der Waals surface area contributed by atoms with E-state index < -0.39 is 6.03 Å². The smallest absolute Gasteiger partial charge is 0.312 e. The number of benzene rings is 2. The van der Waals surface area contributed by atoms with Crippen molar-refractivity contribution in [2.45, 2.75) is 13.5 Å². The second-order valence-electron chi connectivity index (χ2n) is 5.84. The molecule has 0 fully saturated rings. The van der Waals surface area contributed by atoms with Crippen LogP contribution in [-0.4, -0.2) is 23.5 Å². The molecule has 0 aliphatic carbocycles. The van der Waals surface area contributed by atoms with Gasteiger partial charge >= 0.3 is 6.03 Å². The maximum absolute atomic E-state index is 12.4. The molecule has 0 atom stereocenters. The summed E-state index contributed by atoms with van der Waals surface area (Å²) in [6.07, 6.45) is 0. The molecule has 0 radical (unpaired) electrons. The van der Waals surface area contributed by atoms with Crippen LogP contribution < -0.4 is 21.1 Å². The second kappa shape index (κ2) is 9.01. The summed E-state index contributed by atoms with van der Waals surface area (Å²) in [7, 11) is 0. The van der Waals surface area contributed by atoms with Crippen LogP contribution in [0.3, 0.4) is 0 Å². The number of carbonyl (C=O) groups excluding carboxylic acids is 2. The first-order chi connectivity index (χ1) is 13.6. The van der Waals surface area contributed by atoms with E-state index in [1.165, 1.54) is 11.3 Å². The number of para-hydroxylation sites is 1. The molecule has 0 aliphatic rings. The van der Waals surface area contributed by atoms with Crippen molar-refractivity contribution >= 4 is 28.4 Å². The number of hydrogen-bond acceptors (Lipinski definition) is 5. The van der Waals surface area contributed by atoms with E-state index in [9.17, 15) is 9.59 Å². The molecule has 7 nitrogen and oxygen atoms in total. The Kier molecular flexibility index (Phi) is 6.23. The van der Waals surface area contributed by atoms with Gasteiger partial charge in [0.25, 0.3) is 5.91 Å². The van der Waals surface area contributed by atoms with E-state index in [-0.39, 0.29) is 5.91 Å². The Morgan fingerprint density at radius 3 is 2.61 bits per heavy atom. The Morgan fingerprint density at radius 2 is 1.89 bits per heavy atom. The minimum Gasteiger partial charge on any atom is -0.493 e. The molecule has 3 amide bonds. The highest BCUT2D eigenvalue weighted by Gasteiger charge is 2.12. The summed E-state index contributed by atoms with van der Waals surface area (Å²) in [4.78, 5) is 27.7. The van der Waals surface area contributed by atoms with E-state index in [4.69, 9.17) is 10.5 Å². The Labute approximate surface area is 166 Å². The molecule has 1 heterocycles. The number of aromatic nitrogens is 1. The van der Waals surface area contributed by atoms with Crippen LogP contribution >= 0.6 is 11.3 Å². The molecule has 3 rings (SSSR count). The number of hydrogen-bond donors (Lipinski definition) is 3. The Bertz CT molecular complexity index is 970. The average Bonchev–Trinajstić information content (AvgIpc) is 3.15. The maximum atomic E-state index is 12.4. The summed E-state index contributed by atoms with van der Waals surface area (Å²) in [5, 5.41) is 7.70. The van der Waals surface area contributed by atoms with Gasteiger partial charge in [0.1, 0.15) is 5.75 Å². The van der Waals surface area contributed by atoms with Crippen molar-refractivity contribution in [1.82, 2.24) is 10.3 Å². The van der Waals surface area contributed by atoms with E-state index in [1.807, 2.05) is 36.6 Å². The first kappa shape index (κ1) is 19.4. The lowest BCUT2D eigenvalue weighted by Crippen LogP contribution is -2.28. The molecule has 1 aromatic heterocycles. The molecule has 144 valence electrons. The number of ether oxygens (including phenoxy) is 1. The molecule has 2 aromatic carbocycles. The predicted octanol–water partition coefficient (Wildman–Crippen LogP) is 3.63. The summed E-state index contributed by atoms with van der Waals surface area (Å²) in [5.74, 6) is 0.502. The van der Waals surface area contributed by atoms with Crippen molar-refractivity contribution in [1.29, 1.82) is 0 Å². The predicted molar refractivity (Wildman–Crippen MR) is 110 cm³/mol. The first-order valence-electron chi connectivity index (χ1n) is 8.68. The van der Waals surface area contributed by atoms with E-state index >= 15 is 0 Å². The summed E-state index contributed by atoms with van der Waals surface area (Å²) in [6.45, 7) is 2.81. The van der Waals surface area contributed by atoms with Gasteiger partial charge in [0, 0.05) is 23.1 Å². The van der Waals surface area contributed by atoms with Crippen LogP contribution in [0.1, 0.15) is 22.8 Å². The minimum absolute atomic E-state index is 0.256. The van der Waals surface area contributed by atoms with Crippen molar-refractivity contribution in [2.75, 3.05) is 11.9 Å². The number of nitrogens with zero attached hydrogens (tertiary/aromatic N) is 1. The summed E-state index contributed by atoms with van der Waals surface area (Å²) >= 11 is 1.35. The van der Waals surface area contributed by atoms with Crippen LogP contribution in [-0.2, 0) is 6.54 Å². The molecule has 0 spiro atoms. The van der Waals surface area contributed by atoms with Crippen molar-refractivity contribution in [3.8, 4) is 17.0 Å². The monoisotopic (exact) mass is 396 g/mol. The average molecular weight is 396 g/mol. The molecule has 0 bridgehead atoms. The van der Waals surface area contributed by atoms with Crippen molar-refractivity contribution in [2.24, 2.45) is 5.73 Å². The molecule has 0 unspecified atom stereocenters.